The van der Waals surface area contributed by atoms with Crippen LogP contribution < -0.4 is 5.32 Å². The number of nitrogens with one attached hydrogen (secondary N) is 1. The van der Waals surface area contributed by atoms with Gasteiger partial charge in [0, 0.05) is 6.42 Å². The van der Waals surface area contributed by atoms with E-state index in [1.54, 1.807) is 0 Å². The number of ketones is 1. The van der Waals surface area contributed by atoms with Crippen LogP contribution in [-0.2, 0) is 34.0 Å². The monoisotopic (exact) mass is 573 g/mol. The van der Waals surface area contributed by atoms with Crippen molar-refractivity contribution < 1.29 is 80.7 Å². The predicted molar refractivity (Wildman–Crippen MR) is 95.0 cm³/mol. The number of esters is 1. The topological polar surface area (TPSA) is 136 Å². The smallest absolute Gasteiger partial charge is 0.412 e. The third-order valence-corrected chi connectivity index (χ3v) is 4.88. The Kier molecular flexibility index (Phi) is 10.5. The van der Waals surface area contributed by atoms with E-state index in [0.717, 1.165) is 6.92 Å². The Morgan fingerprint density at radius 1 is 0.944 bits per heavy atom. The van der Waals surface area contributed by atoms with Gasteiger partial charge >= 0.3 is 51.3 Å². The van der Waals surface area contributed by atoms with Crippen LogP contribution in [0.2, 0.25) is 0 Å². The zero-order chi connectivity index (χ0) is 29.0. The first-order valence-corrected chi connectivity index (χ1v) is 10.5. The molecule has 0 spiro atoms. The fourth-order valence-corrected chi connectivity index (χ4v) is 2.52. The van der Waals surface area contributed by atoms with Gasteiger partial charge in [-0.3, -0.25) is 14.1 Å². The number of carbonyl (C=O) groups is 3. The van der Waals surface area contributed by atoms with Gasteiger partial charge in [0.2, 0.25) is 0 Å². The number of alkyl halides is 10. The van der Waals surface area contributed by atoms with Crippen molar-refractivity contribution in [1.29, 1.82) is 0 Å². The fourth-order valence-electron chi connectivity index (χ4n) is 2.04. The second-order valence-corrected chi connectivity index (χ2v) is 8.33. The highest BCUT2D eigenvalue weighted by Gasteiger charge is 2.67. The van der Waals surface area contributed by atoms with E-state index in [0.29, 0.717) is 0 Å². The van der Waals surface area contributed by atoms with Crippen molar-refractivity contribution in [2.75, 3.05) is 13.2 Å². The van der Waals surface area contributed by atoms with Crippen LogP contribution in [0.25, 0.3) is 0 Å². The Bertz CT molecular complexity index is 961. The van der Waals surface area contributed by atoms with Crippen LogP contribution >= 0.6 is 0 Å². The van der Waals surface area contributed by atoms with Gasteiger partial charge < -0.3 is 14.8 Å². The largest absolute Gasteiger partial charge is 0.466 e. The van der Waals surface area contributed by atoms with Gasteiger partial charge in [-0.25, -0.2) is 4.79 Å². The first-order valence-electron chi connectivity index (χ1n) is 9.04. The van der Waals surface area contributed by atoms with Gasteiger partial charge in [-0.15, -0.1) is 0 Å². The van der Waals surface area contributed by atoms with E-state index in [1.165, 1.54) is 5.32 Å². The molecule has 0 saturated carbocycles. The summed E-state index contributed by atoms with van der Waals surface area (Å²) in [5.41, 5.74) is -2.52. The second-order valence-electron chi connectivity index (χ2n) is 6.87. The summed E-state index contributed by atoms with van der Waals surface area (Å²) < 4.78 is 169. The molecule has 1 amide bonds. The molecule has 0 aliphatic rings. The molecule has 0 saturated heterocycles. The van der Waals surface area contributed by atoms with Gasteiger partial charge in [-0.05, 0) is 19.8 Å². The number of halogens is 10. The average molecular weight is 573 g/mol. The maximum atomic E-state index is 13.7. The molecule has 0 fully saturated rings. The summed E-state index contributed by atoms with van der Waals surface area (Å²) in [4.78, 5) is 34.6. The molecule has 0 radical (unpaired) electrons. The minimum Gasteiger partial charge on any atom is -0.412 e. The molecule has 2 N–H and O–H groups in total. The van der Waals surface area contributed by atoms with Gasteiger partial charge in [0.1, 0.15) is 11.4 Å². The molecular formula is C16H17F10NO8S. The highest BCUT2D eigenvalue weighted by molar-refractivity contribution is 7.87. The Morgan fingerprint density at radius 2 is 1.44 bits per heavy atom. The maximum Gasteiger partial charge on any atom is 0.466 e. The van der Waals surface area contributed by atoms with E-state index in [4.69, 9.17) is 4.55 Å². The lowest BCUT2D eigenvalue weighted by atomic mass is 10.1. The number of amides is 1. The van der Waals surface area contributed by atoms with Crippen molar-refractivity contribution in [2.24, 2.45) is 0 Å². The number of ether oxygens (including phenoxy) is 2. The lowest BCUT2D eigenvalue weighted by Crippen LogP contribution is -2.62. The molecule has 0 heterocycles. The number of unbranched alkanes of at least 4 members (excludes halogenated alkanes) is 1. The van der Waals surface area contributed by atoms with E-state index in [1.807, 2.05) is 0 Å². The molecule has 1 atom stereocenters. The number of hydrogen-bond donors (Lipinski definition) is 2. The zero-order valence-electron chi connectivity index (χ0n) is 17.7. The van der Waals surface area contributed by atoms with Crippen LogP contribution in [-0.4, -0.2) is 73.1 Å². The fraction of sp³-hybridized carbons (Fsp3) is 0.688. The SMILES string of the molecule is C=C(C(=O)OC(OCCCCC(F)(F)C(F)(F)S(=O)(=O)O)(C(=O)NCC(C)=O)C(F)(F)F)C(F)(F)F. The predicted octanol–water partition coefficient (Wildman–Crippen LogP) is 2.91. The van der Waals surface area contributed by atoms with Crippen molar-refractivity contribution in [2.45, 2.75) is 55.5 Å². The van der Waals surface area contributed by atoms with Gasteiger partial charge in [-0.2, -0.15) is 52.3 Å². The lowest BCUT2D eigenvalue weighted by molar-refractivity contribution is -0.347. The molecule has 36 heavy (non-hydrogen) atoms. The normalized spacial score (nSPS) is 15.1. The van der Waals surface area contributed by atoms with Crippen LogP contribution in [0.15, 0.2) is 12.2 Å². The average Bonchev–Trinajstić information content (AvgIpc) is 2.67. The third kappa shape index (κ3) is 8.02. The van der Waals surface area contributed by atoms with E-state index < -0.39 is 95.1 Å². The minimum absolute atomic E-state index is 0.760. The summed E-state index contributed by atoms with van der Waals surface area (Å²) in [5, 5.41) is -4.71. The van der Waals surface area contributed by atoms with Gasteiger partial charge in [-0.1, -0.05) is 6.58 Å². The number of carbonyl (C=O) groups excluding carboxylic acids is 3. The van der Waals surface area contributed by atoms with Crippen molar-refractivity contribution in [3.63, 3.8) is 0 Å². The Balaban J connectivity index is 5.84. The maximum absolute atomic E-state index is 13.7. The van der Waals surface area contributed by atoms with Crippen LogP contribution in [0, 0.1) is 0 Å². The van der Waals surface area contributed by atoms with Crippen LogP contribution in [0.5, 0.6) is 0 Å². The molecule has 0 bridgehead atoms. The number of hydrogen-bond acceptors (Lipinski definition) is 7. The van der Waals surface area contributed by atoms with Crippen LogP contribution in [0.1, 0.15) is 26.2 Å². The second kappa shape index (κ2) is 11.3. The quantitative estimate of drug-likeness (QED) is 0.0858. The first-order chi connectivity index (χ1) is 15.8. The highest BCUT2D eigenvalue weighted by Crippen LogP contribution is 2.42. The Hall–Kier alpha value is -2.48. The zero-order valence-corrected chi connectivity index (χ0v) is 18.6. The van der Waals surface area contributed by atoms with E-state index in [2.05, 4.69) is 16.1 Å². The number of Topliss-reactive ketones (excluding diaryl/α,β-unsaturated/α-hetero) is 1. The summed E-state index contributed by atoms with van der Waals surface area (Å²) in [6, 6.07) is 0. The standard InChI is InChI=1S/C16H17F10NO8S/c1-8(28)7-27-11(30)13(15(22,23)24,35-10(29)9(2)14(19,20)21)34-6-4-3-5-12(17,18)16(25,26)36(31,32)33/h2-7H2,1H3,(H,27,30)(H,31,32,33). The van der Waals surface area contributed by atoms with E-state index in [-0.39, 0.29) is 0 Å². The molecule has 0 aromatic heterocycles. The van der Waals surface area contributed by atoms with Crippen molar-refractivity contribution >= 4 is 27.8 Å². The van der Waals surface area contributed by atoms with Crippen LogP contribution in [0.4, 0.5) is 43.9 Å². The molecule has 0 aromatic rings. The molecule has 0 aliphatic carbocycles. The summed E-state index contributed by atoms with van der Waals surface area (Å²) >= 11 is 0. The number of rotatable bonds is 13. The Labute approximate surface area is 195 Å². The summed E-state index contributed by atoms with van der Waals surface area (Å²) in [5.74, 6) is -16.7. The van der Waals surface area contributed by atoms with Crippen molar-refractivity contribution in [3.8, 4) is 0 Å². The first kappa shape index (κ1) is 33.5. The summed E-state index contributed by atoms with van der Waals surface area (Å²) in [6.07, 6.45) is -16.2. The highest BCUT2D eigenvalue weighted by atomic mass is 32.2. The molecule has 0 rings (SSSR count). The minimum atomic E-state index is -6.61. The summed E-state index contributed by atoms with van der Waals surface area (Å²) in [6.45, 7) is 0.212. The van der Waals surface area contributed by atoms with Crippen molar-refractivity contribution in [1.82, 2.24) is 5.32 Å². The van der Waals surface area contributed by atoms with E-state index >= 15 is 0 Å². The Morgan fingerprint density at radius 3 is 1.83 bits per heavy atom. The summed E-state index contributed by atoms with van der Waals surface area (Å²) in [7, 11) is -6.61. The molecule has 1 unspecified atom stereocenters. The molecule has 9 nitrogen and oxygen atoms in total. The lowest BCUT2D eigenvalue weighted by Gasteiger charge is -2.33. The van der Waals surface area contributed by atoms with Gasteiger partial charge in [0.05, 0.1) is 13.2 Å². The van der Waals surface area contributed by atoms with Crippen molar-refractivity contribution in [3.05, 3.63) is 12.2 Å². The molecule has 0 aliphatic heterocycles. The third-order valence-electron chi connectivity index (χ3n) is 3.94. The van der Waals surface area contributed by atoms with Gasteiger partial charge in [0.25, 0.3) is 0 Å². The van der Waals surface area contributed by atoms with E-state index in [9.17, 15) is 66.7 Å². The molecular weight excluding hydrogens is 556 g/mol. The van der Waals surface area contributed by atoms with Gasteiger partial charge in [0.15, 0.2) is 0 Å². The molecule has 20 heteroatoms. The molecule has 210 valence electrons. The van der Waals surface area contributed by atoms with Crippen LogP contribution in [0.3, 0.4) is 0 Å². The molecule has 0 aromatic carbocycles.